The number of fused-ring (bicyclic) bond motifs is 1. The molecule has 0 radical (unpaired) electrons. The molecule has 0 amide bonds. The number of rotatable bonds is 4. The Labute approximate surface area is 115 Å². The SMILES string of the molecule is Cc1cccc2c1nc(CCl)n2CCn1ccnn1. The summed E-state index contributed by atoms with van der Waals surface area (Å²) in [7, 11) is 0. The Balaban J connectivity index is 1.99. The first-order valence-electron chi connectivity index (χ1n) is 6.14. The highest BCUT2D eigenvalue weighted by Crippen LogP contribution is 2.20. The Hall–Kier alpha value is -1.88. The fourth-order valence-corrected chi connectivity index (χ4v) is 2.45. The van der Waals surface area contributed by atoms with Crippen LogP contribution in [0.2, 0.25) is 0 Å². The number of hydrogen-bond acceptors (Lipinski definition) is 3. The van der Waals surface area contributed by atoms with Gasteiger partial charge in [0.15, 0.2) is 0 Å². The van der Waals surface area contributed by atoms with Gasteiger partial charge in [-0.1, -0.05) is 17.3 Å². The lowest BCUT2D eigenvalue weighted by molar-refractivity contribution is 0.519. The predicted octanol–water partition coefficient (Wildman–Crippen LogP) is 2.38. The summed E-state index contributed by atoms with van der Waals surface area (Å²) in [5.74, 6) is 1.30. The van der Waals surface area contributed by atoms with Gasteiger partial charge in [-0.05, 0) is 18.6 Å². The molecule has 0 unspecified atom stereocenters. The van der Waals surface area contributed by atoms with Crippen molar-refractivity contribution in [1.82, 2.24) is 24.5 Å². The van der Waals surface area contributed by atoms with Gasteiger partial charge in [-0.15, -0.1) is 16.7 Å². The number of nitrogens with zero attached hydrogens (tertiary/aromatic N) is 5. The summed E-state index contributed by atoms with van der Waals surface area (Å²) in [4.78, 5) is 4.62. The third-order valence-corrected chi connectivity index (χ3v) is 3.44. The molecular formula is C13H14ClN5. The topological polar surface area (TPSA) is 48.5 Å². The van der Waals surface area contributed by atoms with Crippen LogP contribution in [0.5, 0.6) is 0 Å². The van der Waals surface area contributed by atoms with Gasteiger partial charge in [-0.25, -0.2) is 4.98 Å². The van der Waals surface area contributed by atoms with E-state index in [1.165, 1.54) is 5.56 Å². The van der Waals surface area contributed by atoms with Crippen molar-refractivity contribution in [2.24, 2.45) is 0 Å². The molecule has 3 aromatic rings. The highest BCUT2D eigenvalue weighted by atomic mass is 35.5. The van der Waals surface area contributed by atoms with Crippen molar-refractivity contribution in [2.75, 3.05) is 0 Å². The molecule has 6 heteroatoms. The molecule has 0 spiro atoms. The molecule has 0 aliphatic carbocycles. The number of halogens is 1. The lowest BCUT2D eigenvalue weighted by Crippen LogP contribution is -2.10. The number of benzene rings is 1. The van der Waals surface area contributed by atoms with Gasteiger partial charge in [0.2, 0.25) is 0 Å². The summed E-state index contributed by atoms with van der Waals surface area (Å²) in [5.41, 5.74) is 3.32. The van der Waals surface area contributed by atoms with Crippen LogP contribution in [-0.4, -0.2) is 24.5 Å². The molecule has 0 atom stereocenters. The summed E-state index contributed by atoms with van der Waals surface area (Å²) in [6, 6.07) is 6.19. The van der Waals surface area contributed by atoms with E-state index < -0.39 is 0 Å². The Bertz CT molecular complexity index is 686. The quantitative estimate of drug-likeness (QED) is 0.687. The Kier molecular flexibility index (Phi) is 3.21. The van der Waals surface area contributed by atoms with Crippen LogP contribution in [0.1, 0.15) is 11.4 Å². The summed E-state index contributed by atoms with van der Waals surface area (Å²) < 4.78 is 3.96. The number of hydrogen-bond donors (Lipinski definition) is 0. The summed E-state index contributed by atoms with van der Waals surface area (Å²) in [5, 5.41) is 7.77. The maximum atomic E-state index is 6.00. The van der Waals surface area contributed by atoms with E-state index in [1.54, 1.807) is 10.9 Å². The number of aryl methyl sites for hydroxylation is 3. The minimum atomic E-state index is 0.408. The van der Waals surface area contributed by atoms with Crippen molar-refractivity contribution < 1.29 is 0 Å². The van der Waals surface area contributed by atoms with E-state index in [1.807, 2.05) is 12.3 Å². The third kappa shape index (κ3) is 2.21. The summed E-state index contributed by atoms with van der Waals surface area (Å²) >= 11 is 6.00. The van der Waals surface area contributed by atoms with E-state index in [0.717, 1.165) is 29.9 Å². The lowest BCUT2D eigenvalue weighted by atomic mass is 10.2. The Morgan fingerprint density at radius 2 is 2.16 bits per heavy atom. The van der Waals surface area contributed by atoms with Crippen LogP contribution < -0.4 is 0 Å². The maximum absolute atomic E-state index is 6.00. The van der Waals surface area contributed by atoms with Gasteiger partial charge >= 0.3 is 0 Å². The number of imidazole rings is 1. The molecule has 0 aliphatic rings. The van der Waals surface area contributed by atoms with Gasteiger partial charge in [0.25, 0.3) is 0 Å². The zero-order valence-corrected chi connectivity index (χ0v) is 11.4. The van der Waals surface area contributed by atoms with Gasteiger partial charge in [-0.2, -0.15) is 0 Å². The van der Waals surface area contributed by atoms with Crippen molar-refractivity contribution in [1.29, 1.82) is 0 Å². The highest BCUT2D eigenvalue weighted by Gasteiger charge is 2.11. The van der Waals surface area contributed by atoms with E-state index in [0.29, 0.717) is 5.88 Å². The second-order valence-electron chi connectivity index (χ2n) is 4.42. The van der Waals surface area contributed by atoms with Crippen LogP contribution in [0.4, 0.5) is 0 Å². The van der Waals surface area contributed by atoms with Crippen LogP contribution in [0.15, 0.2) is 30.6 Å². The molecule has 3 rings (SSSR count). The van der Waals surface area contributed by atoms with E-state index >= 15 is 0 Å². The van der Waals surface area contributed by atoms with Crippen LogP contribution in [0.25, 0.3) is 11.0 Å². The molecule has 2 heterocycles. The van der Waals surface area contributed by atoms with E-state index in [4.69, 9.17) is 11.6 Å². The molecule has 2 aromatic heterocycles. The third-order valence-electron chi connectivity index (χ3n) is 3.20. The molecule has 0 saturated carbocycles. The zero-order valence-electron chi connectivity index (χ0n) is 10.6. The van der Waals surface area contributed by atoms with Crippen molar-refractivity contribution in [3.63, 3.8) is 0 Å². The number of alkyl halides is 1. The van der Waals surface area contributed by atoms with Gasteiger partial charge in [0, 0.05) is 12.7 Å². The second kappa shape index (κ2) is 5.01. The fourth-order valence-electron chi connectivity index (χ4n) is 2.24. The maximum Gasteiger partial charge on any atom is 0.124 e. The molecule has 1 aromatic carbocycles. The van der Waals surface area contributed by atoms with E-state index in [2.05, 4.69) is 38.9 Å². The fraction of sp³-hybridized carbons (Fsp3) is 0.308. The first-order valence-corrected chi connectivity index (χ1v) is 6.68. The smallest absolute Gasteiger partial charge is 0.124 e. The van der Waals surface area contributed by atoms with Gasteiger partial charge in [-0.3, -0.25) is 4.68 Å². The van der Waals surface area contributed by atoms with Gasteiger partial charge in [0.05, 0.1) is 29.7 Å². The molecule has 0 saturated heterocycles. The zero-order chi connectivity index (χ0) is 13.2. The Morgan fingerprint density at radius 1 is 1.26 bits per heavy atom. The number of para-hydroxylation sites is 1. The minimum Gasteiger partial charge on any atom is -0.325 e. The largest absolute Gasteiger partial charge is 0.325 e. The van der Waals surface area contributed by atoms with Gasteiger partial charge in [0.1, 0.15) is 5.82 Å². The minimum absolute atomic E-state index is 0.408. The van der Waals surface area contributed by atoms with E-state index in [-0.39, 0.29) is 0 Å². The monoisotopic (exact) mass is 275 g/mol. The molecule has 19 heavy (non-hydrogen) atoms. The highest BCUT2D eigenvalue weighted by molar-refractivity contribution is 6.16. The summed E-state index contributed by atoms with van der Waals surface area (Å²) in [6.45, 7) is 3.60. The standard InChI is InChI=1S/C13H14ClN5/c1-10-3-2-4-11-13(10)16-12(9-14)19(11)8-7-18-6-5-15-17-18/h2-6H,7-9H2,1H3. The first-order chi connectivity index (χ1) is 9.29. The van der Waals surface area contributed by atoms with Crippen LogP contribution in [0.3, 0.4) is 0 Å². The van der Waals surface area contributed by atoms with Crippen molar-refractivity contribution in [2.45, 2.75) is 25.9 Å². The molecule has 0 aliphatic heterocycles. The van der Waals surface area contributed by atoms with Crippen molar-refractivity contribution in [3.8, 4) is 0 Å². The average molecular weight is 276 g/mol. The van der Waals surface area contributed by atoms with Crippen molar-refractivity contribution >= 4 is 22.6 Å². The predicted molar refractivity (Wildman–Crippen MR) is 74.0 cm³/mol. The normalized spacial score (nSPS) is 11.3. The van der Waals surface area contributed by atoms with Gasteiger partial charge < -0.3 is 4.57 Å². The van der Waals surface area contributed by atoms with Crippen LogP contribution >= 0.6 is 11.6 Å². The second-order valence-corrected chi connectivity index (χ2v) is 4.69. The van der Waals surface area contributed by atoms with Crippen molar-refractivity contribution in [3.05, 3.63) is 42.0 Å². The molecule has 0 fully saturated rings. The lowest BCUT2D eigenvalue weighted by Gasteiger charge is -2.07. The first kappa shape index (κ1) is 12.2. The molecule has 0 bridgehead atoms. The molecule has 98 valence electrons. The number of aromatic nitrogens is 5. The Morgan fingerprint density at radius 3 is 2.89 bits per heavy atom. The van der Waals surface area contributed by atoms with Crippen LogP contribution in [0, 0.1) is 6.92 Å². The average Bonchev–Trinajstić information content (AvgIpc) is 3.03. The molecule has 5 nitrogen and oxygen atoms in total. The molecule has 0 N–H and O–H groups in total. The van der Waals surface area contributed by atoms with Crippen LogP contribution in [-0.2, 0) is 19.0 Å². The molecular weight excluding hydrogens is 262 g/mol. The van der Waals surface area contributed by atoms with E-state index in [9.17, 15) is 0 Å². The summed E-state index contributed by atoms with van der Waals surface area (Å²) in [6.07, 6.45) is 3.53.